The lowest BCUT2D eigenvalue weighted by atomic mass is 10.2. The van der Waals surface area contributed by atoms with Gasteiger partial charge in [0, 0.05) is 12.3 Å². The van der Waals surface area contributed by atoms with Crippen molar-refractivity contribution in [3.8, 4) is 5.75 Å². The van der Waals surface area contributed by atoms with E-state index in [2.05, 4.69) is 4.74 Å². The first-order chi connectivity index (χ1) is 10.6. The molecule has 0 aliphatic heterocycles. The molecule has 0 aliphatic carbocycles. The van der Waals surface area contributed by atoms with Crippen LogP contribution in [0.15, 0.2) is 53.5 Å². The van der Waals surface area contributed by atoms with E-state index in [0.717, 1.165) is 0 Å². The molecule has 1 unspecified atom stereocenters. The van der Waals surface area contributed by atoms with E-state index in [9.17, 15) is 14.7 Å². The minimum atomic E-state index is -0.819. The van der Waals surface area contributed by atoms with Crippen LogP contribution in [0.4, 0.5) is 0 Å². The maximum atomic E-state index is 11.5. The Labute approximate surface area is 127 Å². The Hall–Kier alpha value is -2.60. The van der Waals surface area contributed by atoms with E-state index in [4.69, 9.17) is 4.74 Å². The molecule has 0 saturated heterocycles. The molecule has 6 nitrogen and oxygen atoms in total. The average molecular weight is 303 g/mol. The molecule has 1 atom stereocenters. The topological polar surface area (TPSA) is 77.8 Å². The second-order valence-electron chi connectivity index (χ2n) is 4.67. The van der Waals surface area contributed by atoms with Crippen LogP contribution in [0.25, 0.3) is 0 Å². The van der Waals surface area contributed by atoms with Gasteiger partial charge in [-0.15, -0.1) is 0 Å². The summed E-state index contributed by atoms with van der Waals surface area (Å²) in [7, 11) is 1.31. The number of hydrogen-bond donors (Lipinski definition) is 1. The first kappa shape index (κ1) is 15.8. The number of rotatable bonds is 6. The molecule has 2 aromatic rings. The lowest BCUT2D eigenvalue weighted by Gasteiger charge is -2.13. The Bertz CT molecular complexity index is 677. The van der Waals surface area contributed by atoms with E-state index in [-0.39, 0.29) is 18.7 Å². The highest BCUT2D eigenvalue weighted by Crippen LogP contribution is 2.13. The second-order valence-corrected chi connectivity index (χ2v) is 4.67. The number of carbonyl (C=O) groups excluding carboxylic acids is 1. The highest BCUT2D eigenvalue weighted by Gasteiger charge is 2.08. The van der Waals surface area contributed by atoms with Crippen LogP contribution in [0.1, 0.15) is 10.4 Å². The van der Waals surface area contributed by atoms with Gasteiger partial charge in [-0.3, -0.25) is 4.79 Å². The van der Waals surface area contributed by atoms with E-state index in [0.29, 0.717) is 11.3 Å². The lowest BCUT2D eigenvalue weighted by molar-refractivity contribution is 0.0600. The molecule has 0 fully saturated rings. The molecule has 0 aliphatic rings. The number of nitrogens with zero attached hydrogens (tertiary/aromatic N) is 1. The van der Waals surface area contributed by atoms with E-state index in [1.807, 2.05) is 0 Å². The van der Waals surface area contributed by atoms with Gasteiger partial charge in [-0.2, -0.15) is 0 Å². The molecule has 1 N–H and O–H groups in total. The molecule has 0 radical (unpaired) electrons. The van der Waals surface area contributed by atoms with Gasteiger partial charge >= 0.3 is 5.97 Å². The SMILES string of the molecule is COC(=O)c1ccc(OCC(O)Cn2ccccc2=O)cc1. The zero-order chi connectivity index (χ0) is 15.9. The third-order valence-corrected chi connectivity index (χ3v) is 3.02. The monoisotopic (exact) mass is 303 g/mol. The number of ether oxygens (including phenoxy) is 2. The molecule has 0 spiro atoms. The number of aromatic nitrogens is 1. The fourth-order valence-electron chi connectivity index (χ4n) is 1.89. The van der Waals surface area contributed by atoms with Crippen LogP contribution in [0.2, 0.25) is 0 Å². The standard InChI is InChI=1S/C16H17NO5/c1-21-16(20)12-5-7-14(8-6-12)22-11-13(18)10-17-9-3-2-4-15(17)19/h2-9,13,18H,10-11H2,1H3. The minimum Gasteiger partial charge on any atom is -0.491 e. The third kappa shape index (κ3) is 4.20. The summed E-state index contributed by atoms with van der Waals surface area (Å²) in [5.74, 6) is 0.0992. The van der Waals surface area contributed by atoms with Crippen molar-refractivity contribution < 1.29 is 19.4 Å². The first-order valence-electron chi connectivity index (χ1n) is 6.75. The van der Waals surface area contributed by atoms with Crippen LogP contribution in [0.5, 0.6) is 5.75 Å². The van der Waals surface area contributed by atoms with Crippen LogP contribution in [-0.2, 0) is 11.3 Å². The molecular formula is C16H17NO5. The number of carbonyl (C=O) groups is 1. The number of aliphatic hydroxyl groups excluding tert-OH is 1. The fourth-order valence-corrected chi connectivity index (χ4v) is 1.89. The quantitative estimate of drug-likeness (QED) is 0.808. The van der Waals surface area contributed by atoms with E-state index in [1.54, 1.807) is 42.6 Å². The molecule has 0 saturated carbocycles. The summed E-state index contributed by atoms with van der Waals surface area (Å²) in [6, 6.07) is 11.2. The molecule has 1 heterocycles. The summed E-state index contributed by atoms with van der Waals surface area (Å²) < 4.78 is 11.4. The van der Waals surface area contributed by atoms with Crippen LogP contribution in [-0.4, -0.2) is 35.5 Å². The van der Waals surface area contributed by atoms with Gasteiger partial charge in [0.05, 0.1) is 19.2 Å². The van der Waals surface area contributed by atoms with Crippen LogP contribution < -0.4 is 10.3 Å². The number of esters is 1. The van der Waals surface area contributed by atoms with Gasteiger partial charge < -0.3 is 19.1 Å². The smallest absolute Gasteiger partial charge is 0.337 e. The van der Waals surface area contributed by atoms with Gasteiger partial charge in [0.15, 0.2) is 0 Å². The number of hydrogen-bond acceptors (Lipinski definition) is 5. The second kappa shape index (κ2) is 7.42. The molecule has 0 amide bonds. The van der Waals surface area contributed by atoms with Crippen molar-refractivity contribution in [1.29, 1.82) is 0 Å². The van der Waals surface area contributed by atoms with Gasteiger partial charge in [-0.25, -0.2) is 4.79 Å². The summed E-state index contributed by atoms with van der Waals surface area (Å²) in [6.45, 7) is 0.193. The summed E-state index contributed by atoms with van der Waals surface area (Å²) >= 11 is 0. The van der Waals surface area contributed by atoms with Gasteiger partial charge in [-0.05, 0) is 30.3 Å². The Morgan fingerprint density at radius 3 is 2.59 bits per heavy atom. The van der Waals surface area contributed by atoms with Crippen LogP contribution in [0.3, 0.4) is 0 Å². The Balaban J connectivity index is 1.88. The number of pyridine rings is 1. The molecule has 116 valence electrons. The van der Waals surface area contributed by atoms with Crippen molar-refractivity contribution in [2.75, 3.05) is 13.7 Å². The van der Waals surface area contributed by atoms with Gasteiger partial charge in [0.25, 0.3) is 5.56 Å². The van der Waals surface area contributed by atoms with Crippen molar-refractivity contribution in [2.24, 2.45) is 0 Å². The number of benzene rings is 1. The molecule has 0 bridgehead atoms. The summed E-state index contributed by atoms with van der Waals surface area (Å²) in [5.41, 5.74) is 0.246. The maximum Gasteiger partial charge on any atom is 0.337 e. The Kier molecular flexibility index (Phi) is 5.32. The Morgan fingerprint density at radius 1 is 1.23 bits per heavy atom. The van der Waals surface area contributed by atoms with Crippen molar-refractivity contribution in [3.63, 3.8) is 0 Å². The predicted octanol–water partition coefficient (Wildman–Crippen LogP) is 1.07. The molecule has 2 rings (SSSR count). The molecule has 1 aromatic heterocycles. The van der Waals surface area contributed by atoms with Crippen molar-refractivity contribution in [3.05, 3.63) is 64.6 Å². The van der Waals surface area contributed by atoms with Crippen molar-refractivity contribution >= 4 is 5.97 Å². The van der Waals surface area contributed by atoms with E-state index < -0.39 is 12.1 Å². The maximum absolute atomic E-state index is 11.5. The zero-order valence-electron chi connectivity index (χ0n) is 12.1. The summed E-state index contributed by atoms with van der Waals surface area (Å²) in [6.07, 6.45) is 0.789. The summed E-state index contributed by atoms with van der Waals surface area (Å²) in [5, 5.41) is 9.91. The van der Waals surface area contributed by atoms with Crippen molar-refractivity contribution in [2.45, 2.75) is 12.6 Å². The van der Waals surface area contributed by atoms with Gasteiger partial charge in [-0.1, -0.05) is 6.07 Å². The predicted molar refractivity (Wildman–Crippen MR) is 80.0 cm³/mol. The van der Waals surface area contributed by atoms with E-state index >= 15 is 0 Å². The minimum absolute atomic E-state index is 0.0406. The fraction of sp³-hybridized carbons (Fsp3) is 0.250. The normalized spacial score (nSPS) is 11.7. The first-order valence-corrected chi connectivity index (χ1v) is 6.75. The highest BCUT2D eigenvalue weighted by atomic mass is 16.5. The zero-order valence-corrected chi connectivity index (χ0v) is 12.1. The summed E-state index contributed by atoms with van der Waals surface area (Å²) in [4.78, 5) is 22.8. The van der Waals surface area contributed by atoms with Crippen LogP contribution >= 0.6 is 0 Å². The average Bonchev–Trinajstić information content (AvgIpc) is 2.55. The highest BCUT2D eigenvalue weighted by molar-refractivity contribution is 5.89. The molecule has 1 aromatic carbocycles. The Morgan fingerprint density at radius 2 is 1.95 bits per heavy atom. The molecule has 6 heteroatoms. The number of methoxy groups -OCH3 is 1. The van der Waals surface area contributed by atoms with E-state index in [1.165, 1.54) is 17.7 Å². The molecular weight excluding hydrogens is 286 g/mol. The van der Waals surface area contributed by atoms with Gasteiger partial charge in [0.1, 0.15) is 18.5 Å². The number of aliphatic hydroxyl groups is 1. The lowest BCUT2D eigenvalue weighted by Crippen LogP contribution is -2.29. The van der Waals surface area contributed by atoms with Crippen molar-refractivity contribution in [1.82, 2.24) is 4.57 Å². The van der Waals surface area contributed by atoms with Crippen LogP contribution in [0, 0.1) is 0 Å². The third-order valence-electron chi connectivity index (χ3n) is 3.02. The van der Waals surface area contributed by atoms with Gasteiger partial charge in [0.2, 0.25) is 0 Å². The molecule has 22 heavy (non-hydrogen) atoms. The largest absolute Gasteiger partial charge is 0.491 e.